The molecule has 0 N–H and O–H groups in total. The van der Waals surface area contributed by atoms with Crippen molar-refractivity contribution >= 4 is 11.8 Å². The number of rotatable bonds is 2. The summed E-state index contributed by atoms with van der Waals surface area (Å²) in [6, 6.07) is 0. The fourth-order valence-corrected chi connectivity index (χ4v) is 19.5. The zero-order chi connectivity index (χ0) is 41.2. The second kappa shape index (κ2) is 14.3. The summed E-state index contributed by atoms with van der Waals surface area (Å²) in [6.07, 6.45) is 30.1. The van der Waals surface area contributed by atoms with Crippen LogP contribution in [0.2, 0.25) is 0 Å². The monoisotopic (exact) mass is 787 g/mol. The minimum absolute atomic E-state index is 0.0744. The number of carbonyl (C=O) groups is 2. The van der Waals surface area contributed by atoms with Crippen LogP contribution < -0.4 is 0 Å². The molecule has 324 valence electrons. The quantitative estimate of drug-likeness (QED) is 0.262. The van der Waals surface area contributed by atoms with Crippen LogP contribution in [0, 0.1) is 97.1 Å². The summed E-state index contributed by atoms with van der Waals surface area (Å²) in [5, 5.41) is 0. The van der Waals surface area contributed by atoms with Gasteiger partial charge in [-0.1, -0.05) is 89.0 Å². The van der Waals surface area contributed by atoms with E-state index in [1.807, 2.05) is 0 Å². The molecule has 3 heteroatoms. The lowest BCUT2D eigenvalue weighted by Crippen LogP contribution is -2.57. The van der Waals surface area contributed by atoms with Gasteiger partial charge in [-0.15, -0.1) is 0 Å². The van der Waals surface area contributed by atoms with Gasteiger partial charge in [-0.25, -0.2) is 0 Å². The van der Waals surface area contributed by atoms with E-state index >= 15 is 0 Å². The predicted octanol–water partition coefficient (Wildman–Crippen LogP) is 14.8. The third-order valence-corrected chi connectivity index (χ3v) is 22.4. The van der Waals surface area contributed by atoms with Gasteiger partial charge in [0.05, 0.1) is 0 Å². The summed E-state index contributed by atoms with van der Waals surface area (Å²) in [6.45, 7) is 28.7. The van der Waals surface area contributed by atoms with Gasteiger partial charge in [-0.05, 0) is 207 Å². The third-order valence-electron chi connectivity index (χ3n) is 22.4. The molecule has 0 aromatic heterocycles. The van der Waals surface area contributed by atoms with E-state index in [2.05, 4.69) is 76.2 Å². The van der Waals surface area contributed by atoms with Crippen molar-refractivity contribution in [3.8, 4) is 0 Å². The Morgan fingerprint density at radius 1 is 0.632 bits per heavy atom. The number of carbonyl (C=O) groups excluding carboxylic acids is 2. The molecule has 3 nitrogen and oxygen atoms in total. The van der Waals surface area contributed by atoms with E-state index in [0.717, 1.165) is 78.4 Å². The molecule has 10 saturated carbocycles. The first-order valence-electron chi connectivity index (χ1n) is 25.3. The maximum atomic E-state index is 12.4. The molecule has 57 heavy (non-hydrogen) atoms. The highest BCUT2D eigenvalue weighted by molar-refractivity contribution is 5.84. The van der Waals surface area contributed by atoms with Crippen LogP contribution in [0.4, 0.5) is 0 Å². The highest BCUT2D eigenvalue weighted by atomic mass is 16.6. The number of fused-ring (bicyclic) bond motifs is 10. The SMILES string of the molecule is CC(=O)O[C@@]12CCC[C@@](C)(CC[C@@H]3[C@H]1CC3(C)C)C2.CC(C)[C@H]1CC[C@H]2[C@@H]3CC[C@H]4CCCC[C@]4(C)[C@H]3CC[C@]12C.CC1(C)[C@H]2CC[C@]3(C2)[C@H]1C(=O)CCC3(C)C. The van der Waals surface area contributed by atoms with E-state index in [9.17, 15) is 9.59 Å². The molecule has 0 amide bonds. The van der Waals surface area contributed by atoms with Gasteiger partial charge in [-0.3, -0.25) is 9.59 Å². The number of Topliss-reactive ketones (excluding diaryl/α,β-unsaturated/α-hetero) is 1. The summed E-state index contributed by atoms with van der Waals surface area (Å²) in [4.78, 5) is 24.0. The Morgan fingerprint density at radius 2 is 1.35 bits per heavy atom. The first-order valence-corrected chi connectivity index (χ1v) is 25.3. The Labute approximate surface area is 351 Å². The van der Waals surface area contributed by atoms with Crippen LogP contribution in [0.5, 0.6) is 0 Å². The minimum atomic E-state index is -0.129. The van der Waals surface area contributed by atoms with Crippen LogP contribution in [0.3, 0.4) is 0 Å². The van der Waals surface area contributed by atoms with Crippen molar-refractivity contribution < 1.29 is 14.3 Å². The maximum Gasteiger partial charge on any atom is 0.303 e. The van der Waals surface area contributed by atoms with Crippen LogP contribution in [0.15, 0.2) is 0 Å². The number of ether oxygens (including phenoxy) is 1. The topological polar surface area (TPSA) is 43.4 Å². The molecular weight excluding hydrogens is 697 g/mol. The predicted molar refractivity (Wildman–Crippen MR) is 235 cm³/mol. The molecule has 4 bridgehead atoms. The van der Waals surface area contributed by atoms with Crippen molar-refractivity contribution in [3.63, 3.8) is 0 Å². The summed E-state index contributed by atoms with van der Waals surface area (Å²) in [5.41, 5.74) is 3.14. The zero-order valence-corrected chi connectivity index (χ0v) is 39.6. The number of hydrogen-bond acceptors (Lipinski definition) is 3. The maximum absolute atomic E-state index is 12.4. The van der Waals surface area contributed by atoms with Gasteiger partial charge in [0, 0.05) is 25.2 Å². The molecule has 10 aliphatic carbocycles. The highest BCUT2D eigenvalue weighted by Crippen LogP contribution is 2.75. The largest absolute Gasteiger partial charge is 0.459 e. The molecule has 14 atom stereocenters. The lowest BCUT2D eigenvalue weighted by Gasteiger charge is -2.60. The molecule has 0 heterocycles. The molecule has 1 spiro atoms. The normalized spacial score (nSPS) is 50.5. The van der Waals surface area contributed by atoms with Gasteiger partial charge >= 0.3 is 5.97 Å². The van der Waals surface area contributed by atoms with Crippen LogP contribution in [-0.2, 0) is 14.3 Å². The fourth-order valence-electron chi connectivity index (χ4n) is 19.5. The molecule has 0 saturated heterocycles. The lowest BCUT2D eigenvalue weighted by molar-refractivity contribution is -0.199. The summed E-state index contributed by atoms with van der Waals surface area (Å²) < 4.78 is 5.98. The average Bonchev–Trinajstić information content (AvgIpc) is 3.77. The summed E-state index contributed by atoms with van der Waals surface area (Å²) in [7, 11) is 0. The number of hydrogen-bond donors (Lipinski definition) is 0. The number of ketones is 1. The van der Waals surface area contributed by atoms with Gasteiger partial charge in [0.15, 0.2) is 0 Å². The smallest absolute Gasteiger partial charge is 0.303 e. The van der Waals surface area contributed by atoms with Gasteiger partial charge in [0.1, 0.15) is 11.4 Å². The Balaban J connectivity index is 0.000000121. The van der Waals surface area contributed by atoms with Crippen molar-refractivity contribution in [1.82, 2.24) is 0 Å². The molecule has 0 aromatic rings. The fraction of sp³-hybridized carbons (Fsp3) is 0.963. The van der Waals surface area contributed by atoms with Crippen molar-refractivity contribution in [2.24, 2.45) is 97.1 Å². The van der Waals surface area contributed by atoms with Crippen molar-refractivity contribution in [3.05, 3.63) is 0 Å². The van der Waals surface area contributed by atoms with Crippen molar-refractivity contribution in [2.75, 3.05) is 0 Å². The van der Waals surface area contributed by atoms with E-state index in [-0.39, 0.29) is 17.0 Å². The Hall–Kier alpha value is -0.860. The van der Waals surface area contributed by atoms with E-state index < -0.39 is 0 Å². The molecular formula is C54H90O3. The van der Waals surface area contributed by atoms with E-state index in [1.54, 1.807) is 51.9 Å². The summed E-state index contributed by atoms with van der Waals surface area (Å²) >= 11 is 0. The minimum Gasteiger partial charge on any atom is -0.459 e. The van der Waals surface area contributed by atoms with Crippen molar-refractivity contribution in [2.45, 2.75) is 230 Å². The summed E-state index contributed by atoms with van der Waals surface area (Å²) in [5.74, 6) is 9.26. The first-order chi connectivity index (χ1) is 26.5. The Bertz CT molecular complexity index is 1540. The van der Waals surface area contributed by atoms with Crippen LogP contribution >= 0.6 is 0 Å². The highest BCUT2D eigenvalue weighted by Gasteiger charge is 2.70. The van der Waals surface area contributed by atoms with Gasteiger partial charge in [-0.2, -0.15) is 0 Å². The Morgan fingerprint density at radius 3 is 2.04 bits per heavy atom. The molecule has 10 aliphatic rings. The van der Waals surface area contributed by atoms with E-state index in [1.165, 1.54) is 70.6 Å². The second-order valence-electron chi connectivity index (χ2n) is 26.5. The molecule has 0 aromatic carbocycles. The third kappa shape index (κ3) is 6.64. The van der Waals surface area contributed by atoms with Crippen LogP contribution in [0.25, 0.3) is 0 Å². The van der Waals surface area contributed by atoms with Gasteiger partial charge in [0.2, 0.25) is 0 Å². The van der Waals surface area contributed by atoms with Crippen LogP contribution in [0.1, 0.15) is 224 Å². The molecule has 10 fully saturated rings. The van der Waals surface area contributed by atoms with Crippen LogP contribution in [-0.4, -0.2) is 17.4 Å². The molecule has 10 rings (SSSR count). The number of esters is 1. The average molecular weight is 787 g/mol. The molecule has 0 radical (unpaired) electrons. The van der Waals surface area contributed by atoms with Gasteiger partial charge in [0.25, 0.3) is 0 Å². The standard InChI is InChI=1S/C22H38.C17H28O2.C15H24O/c1-15(2)18-10-11-19-17-9-8-16-7-5-6-13-21(16,3)20(17)12-14-22(18,19)4;1-12(18)19-17-8-5-7-16(4,11-17)9-6-13-14(17)10-15(13,2)3;1-13(2)7-6-11(16)12-14(3,4)10-5-8-15(12,13)9-10/h15-20H,5-14H2,1-4H3;13-14H,5-11H2,1-4H3;10,12H,5-9H2,1-4H3/t16-,17+,18-,19+,20+,21+,22-;13-,14-,16+,17-;10-,12-,15-/m110/s1. The zero-order valence-electron chi connectivity index (χ0n) is 39.6. The molecule has 0 unspecified atom stereocenters. The Kier molecular flexibility index (Phi) is 10.8. The lowest BCUT2D eigenvalue weighted by atomic mass is 9.44. The first kappa shape index (κ1) is 42.8. The van der Waals surface area contributed by atoms with Crippen molar-refractivity contribution in [1.29, 1.82) is 0 Å². The molecule has 0 aliphatic heterocycles. The van der Waals surface area contributed by atoms with E-state index in [0.29, 0.717) is 44.7 Å². The second-order valence-corrected chi connectivity index (χ2v) is 26.5. The van der Waals surface area contributed by atoms with E-state index in [4.69, 9.17) is 4.74 Å². The van der Waals surface area contributed by atoms with Gasteiger partial charge < -0.3 is 4.74 Å².